The van der Waals surface area contributed by atoms with E-state index in [-0.39, 0.29) is 65.8 Å². The molecule has 110 heavy (non-hydrogen) atoms. The highest BCUT2D eigenvalue weighted by Crippen LogP contribution is 2.56. The lowest BCUT2D eigenvalue weighted by Crippen LogP contribution is -2.61. The van der Waals surface area contributed by atoms with Gasteiger partial charge in [-0.1, -0.05) is 250 Å². The Morgan fingerprint density at radius 1 is 0.300 bits per heavy atom. The van der Waals surface area contributed by atoms with Crippen LogP contribution in [0, 0.1) is 0 Å². The molecule has 0 saturated heterocycles. The van der Waals surface area contributed by atoms with E-state index in [2.05, 4.69) is 168 Å². The molecule has 0 bridgehead atoms. The van der Waals surface area contributed by atoms with Crippen molar-refractivity contribution in [2.75, 3.05) is 9.80 Å². The monoisotopic (exact) mass is 1430 g/mol. The van der Waals surface area contributed by atoms with Crippen LogP contribution in [0.15, 0.2) is 318 Å². The first kappa shape index (κ1) is 49.8. The molecule has 0 fully saturated rings. The number of fused-ring (bicyclic) bond motifs is 19. The van der Waals surface area contributed by atoms with Crippen molar-refractivity contribution in [2.45, 2.75) is 78.6 Å². The minimum Gasteiger partial charge on any atom is -0.456 e. The molecule has 20 aromatic rings. The molecule has 2 aliphatic heterocycles. The van der Waals surface area contributed by atoms with Crippen molar-refractivity contribution in [3.05, 3.63) is 326 Å². The number of aromatic nitrogens is 3. The summed E-state index contributed by atoms with van der Waals surface area (Å²) in [5.41, 5.74) is 16.0. The molecule has 0 aliphatic carbocycles. The lowest BCUT2D eigenvalue weighted by molar-refractivity contribution is 0.590. The third-order valence-corrected chi connectivity index (χ3v) is 22.9. The minimum absolute atomic E-state index is 0.102. The summed E-state index contributed by atoms with van der Waals surface area (Å²) in [7, 11) is 0. The fraction of sp³-hybridized carbons (Fsp3) is 0.118. The van der Waals surface area contributed by atoms with Gasteiger partial charge < -0.3 is 32.3 Å². The van der Waals surface area contributed by atoms with Crippen LogP contribution in [0.25, 0.3) is 149 Å². The molecule has 0 atom stereocenters. The van der Waals surface area contributed by atoms with Crippen LogP contribution in [-0.4, -0.2) is 20.4 Å². The van der Waals surface area contributed by atoms with Gasteiger partial charge in [0.1, 0.15) is 22.3 Å². The Labute approximate surface area is 661 Å². The van der Waals surface area contributed by atoms with Crippen molar-refractivity contribution in [1.82, 2.24) is 13.7 Å². The first-order chi connectivity index (χ1) is 60.1. The number of para-hydroxylation sites is 6. The van der Waals surface area contributed by atoms with Crippen molar-refractivity contribution in [3.8, 4) is 39.3 Å². The average molecular weight is 1430 g/mol. The number of furan rings is 2. The summed E-state index contributed by atoms with van der Waals surface area (Å²) < 4.78 is 175. The Kier molecular flexibility index (Phi) is 10.5. The summed E-state index contributed by atoms with van der Waals surface area (Å²) in [5, 5.41) is 4.48. The van der Waals surface area contributed by atoms with Gasteiger partial charge in [-0.3, -0.25) is 0 Å². The van der Waals surface area contributed by atoms with E-state index in [9.17, 15) is 19.2 Å². The lowest BCUT2D eigenvalue weighted by atomic mass is 9.33. The van der Waals surface area contributed by atoms with Crippen LogP contribution in [0.1, 0.15) is 101 Å². The van der Waals surface area contributed by atoms with Gasteiger partial charge in [-0.25, -0.2) is 0 Å². The molecule has 0 radical (unpaired) electrons. The molecule has 0 spiro atoms. The molecular formula is C102H78BN5O2. The van der Waals surface area contributed by atoms with Gasteiger partial charge in [0.15, 0.2) is 0 Å². The summed E-state index contributed by atoms with van der Waals surface area (Å²) in [4.78, 5) is 4.44. The normalized spacial score (nSPS) is 15.3. The summed E-state index contributed by atoms with van der Waals surface area (Å²) >= 11 is 0. The van der Waals surface area contributed by atoms with Crippen LogP contribution in [0.5, 0.6) is 0 Å². The van der Waals surface area contributed by atoms with Gasteiger partial charge in [0.05, 0.1) is 82.9 Å². The highest BCUT2D eigenvalue weighted by Gasteiger charge is 2.46. The van der Waals surface area contributed by atoms with Gasteiger partial charge in [-0.2, -0.15) is 0 Å². The molecule has 7 heterocycles. The molecule has 7 nitrogen and oxygen atoms in total. The summed E-state index contributed by atoms with van der Waals surface area (Å²) in [6.45, 7) is 19.1. The van der Waals surface area contributed by atoms with Crippen LogP contribution in [-0.2, 0) is 16.2 Å². The van der Waals surface area contributed by atoms with Gasteiger partial charge in [-0.05, 0) is 187 Å². The highest BCUT2D eigenvalue weighted by atomic mass is 16.3. The predicted molar refractivity (Wildman–Crippen MR) is 465 cm³/mol. The third-order valence-electron chi connectivity index (χ3n) is 22.9. The molecule has 5 aromatic heterocycles. The number of nitrogens with zero attached hydrogens (tertiary/aromatic N) is 5. The SMILES string of the molecule is [2H]c1c([2H])c([2H])c2c(c1[2H])c1c([2H])c([2H])c([2H])c([2H])c1n2-c1ccc2c(c1)N(c1cc(-c3ccccc3)cc3oc4ccccc4c13)c1cc(-n3c4c([2H])c([2H])c([2H])c([2H])c4c4c([2H])c([2H])c([2H])c([2H])c43)cc3c1B2c1ccc(-n2c4ccc(C(C)(C)C)cc4c4cc(C(C)(C)C)ccc42)cc1N3c1c(-c2ccccc2C(C)(C)C)ccc2oc3ccccc3c12. The van der Waals surface area contributed by atoms with Crippen LogP contribution in [0.4, 0.5) is 34.1 Å². The van der Waals surface area contributed by atoms with Crippen molar-refractivity contribution >= 4 is 167 Å². The van der Waals surface area contributed by atoms with Crippen LogP contribution >= 0.6 is 0 Å². The molecule has 0 amide bonds. The number of rotatable bonds is 7. The molecular weight excluding hydrogens is 1340 g/mol. The molecule has 15 aromatic carbocycles. The second kappa shape index (κ2) is 23.2. The Balaban J connectivity index is 0.988. The van der Waals surface area contributed by atoms with Crippen LogP contribution in [0.2, 0.25) is 0 Å². The Bertz CT molecular complexity index is 8120. The smallest absolute Gasteiger partial charge is 0.252 e. The topological polar surface area (TPSA) is 47.6 Å². The Hall–Kier alpha value is -13.0. The standard InChI is InChI=1S/C102H78BN5O2/c1-100(2,3)63-43-50-85-76(55-63)77-56-64(101(4,5)6)44-51-86(77)105(85)66-46-49-80-88(58-66)108(99-73(68-29-13-20-36-78(68)102(7,8)9)47-52-94-97(99)75-35-19-26-42-93(75)109-94)91-60-67(106-83-39-23-16-32-71(83)72-33-17-24-40-84(72)106)59-90-98(91)103(80)79-48-45-65(104-81-37-21-14-30-69(81)70-31-15-22-38-82(70)104)57-87(79)107(90)89-53-62(61-27-11-10-12-28-61)54-95-96(89)74-34-18-25-41-92(74)110-95/h10-60H,1-9H3/i14D,15D,16D,17D,21D,22D,23D,24D,30D,31D,32D,33D,37D,38D,39D,40D. The first-order valence-electron chi connectivity index (χ1n) is 45.4. The molecule has 0 unspecified atom stereocenters. The lowest BCUT2D eigenvalue weighted by Gasteiger charge is -2.45. The average Bonchev–Trinajstić information content (AvgIpc) is 1.24. The van der Waals surface area contributed by atoms with E-state index in [0.29, 0.717) is 78.2 Å². The van der Waals surface area contributed by atoms with E-state index in [4.69, 9.17) is 11.6 Å². The number of hydrogen-bond acceptors (Lipinski definition) is 4. The van der Waals surface area contributed by atoms with Crippen molar-refractivity contribution in [1.29, 1.82) is 0 Å². The fourth-order valence-corrected chi connectivity index (χ4v) is 17.9. The van der Waals surface area contributed by atoms with E-state index in [1.807, 2.05) is 121 Å². The number of benzene rings is 15. The zero-order chi connectivity index (χ0) is 87.9. The zero-order valence-electron chi connectivity index (χ0n) is 77.8. The molecule has 0 N–H and O–H groups in total. The van der Waals surface area contributed by atoms with Crippen molar-refractivity contribution < 1.29 is 30.8 Å². The quantitative estimate of drug-likeness (QED) is 0.149. The highest BCUT2D eigenvalue weighted by molar-refractivity contribution is 7.00. The number of anilines is 6. The Morgan fingerprint density at radius 2 is 0.764 bits per heavy atom. The van der Waals surface area contributed by atoms with E-state index < -0.39 is 109 Å². The van der Waals surface area contributed by atoms with Gasteiger partial charge in [-0.15, -0.1) is 0 Å². The Morgan fingerprint density at radius 3 is 1.32 bits per heavy atom. The fourth-order valence-electron chi connectivity index (χ4n) is 17.9. The van der Waals surface area contributed by atoms with Gasteiger partial charge in [0.2, 0.25) is 0 Å². The maximum Gasteiger partial charge on any atom is 0.252 e. The zero-order valence-corrected chi connectivity index (χ0v) is 61.8. The maximum absolute atomic E-state index is 10.3. The second-order valence-electron chi connectivity index (χ2n) is 32.4. The van der Waals surface area contributed by atoms with E-state index >= 15 is 0 Å². The van der Waals surface area contributed by atoms with E-state index in [1.54, 1.807) is 4.57 Å². The van der Waals surface area contributed by atoms with Gasteiger partial charge in [0, 0.05) is 82.8 Å². The molecule has 2 aliphatic rings. The van der Waals surface area contributed by atoms with Crippen molar-refractivity contribution in [2.24, 2.45) is 0 Å². The minimum atomic E-state index is -0.855. The molecule has 8 heteroatoms. The van der Waals surface area contributed by atoms with E-state index in [0.717, 1.165) is 82.7 Å². The largest absolute Gasteiger partial charge is 0.456 e. The molecule has 526 valence electrons. The second-order valence-corrected chi connectivity index (χ2v) is 32.4. The van der Waals surface area contributed by atoms with Gasteiger partial charge in [0.25, 0.3) is 6.71 Å². The molecule has 22 rings (SSSR count). The van der Waals surface area contributed by atoms with E-state index in [1.165, 1.54) is 4.57 Å². The predicted octanol–water partition coefficient (Wildman–Crippen LogP) is 26.1. The maximum atomic E-state index is 10.3. The number of hydrogen-bond donors (Lipinski definition) is 0. The van der Waals surface area contributed by atoms with Gasteiger partial charge >= 0.3 is 0 Å². The van der Waals surface area contributed by atoms with Crippen molar-refractivity contribution in [3.63, 3.8) is 0 Å². The summed E-state index contributed by atoms with van der Waals surface area (Å²) in [6.07, 6.45) is 0. The molecule has 0 saturated carbocycles. The summed E-state index contributed by atoms with van der Waals surface area (Å²) in [6, 6.07) is 63.2. The van der Waals surface area contributed by atoms with Crippen LogP contribution in [0.3, 0.4) is 0 Å². The summed E-state index contributed by atoms with van der Waals surface area (Å²) in [5.74, 6) is 0. The van der Waals surface area contributed by atoms with Crippen LogP contribution < -0.4 is 26.2 Å². The first-order valence-corrected chi connectivity index (χ1v) is 37.4. The third kappa shape index (κ3) is 9.38.